The molecule has 1 aromatic rings. The summed E-state index contributed by atoms with van der Waals surface area (Å²) in [5, 5.41) is 3.18. The number of hydrogen-bond acceptors (Lipinski definition) is 4. The highest BCUT2D eigenvalue weighted by Crippen LogP contribution is 2.19. The molecule has 1 aliphatic rings. The Morgan fingerprint density at radius 1 is 1.27 bits per heavy atom. The summed E-state index contributed by atoms with van der Waals surface area (Å²) in [5.74, 6) is 0. The van der Waals surface area contributed by atoms with Gasteiger partial charge in [-0.25, -0.2) is 9.59 Å². The highest BCUT2D eigenvalue weighted by molar-refractivity contribution is 6.11. The first kappa shape index (κ1) is 16.3. The molecule has 2 rings (SSSR count). The second-order valence-electron chi connectivity index (χ2n) is 6.08. The number of ether oxygens (including phenoxy) is 1. The van der Waals surface area contributed by atoms with Crippen LogP contribution in [0.4, 0.5) is 15.3 Å². The number of anilines is 1. The molecule has 0 bridgehead atoms. The number of imide groups is 1. The minimum Gasteiger partial charge on any atom is -0.443 e. The first-order valence-electron chi connectivity index (χ1n) is 7.38. The maximum Gasteiger partial charge on any atom is 0.423 e. The third kappa shape index (κ3) is 4.21. The van der Waals surface area contributed by atoms with Crippen LogP contribution in [0.3, 0.4) is 0 Å². The molecule has 3 amide bonds. The van der Waals surface area contributed by atoms with Crippen LogP contribution in [0.2, 0.25) is 0 Å². The third-order valence-electron chi connectivity index (χ3n) is 3.09. The number of nitrogens with zero attached hydrogens (tertiary/aromatic N) is 2. The summed E-state index contributed by atoms with van der Waals surface area (Å²) in [6.45, 7) is 7.86. The van der Waals surface area contributed by atoms with Gasteiger partial charge in [0.2, 0.25) is 0 Å². The van der Waals surface area contributed by atoms with Gasteiger partial charge in [0.25, 0.3) is 0 Å². The summed E-state index contributed by atoms with van der Waals surface area (Å²) in [6, 6.07) is 9.42. The largest absolute Gasteiger partial charge is 0.443 e. The summed E-state index contributed by atoms with van der Waals surface area (Å²) in [4.78, 5) is 27.9. The van der Waals surface area contributed by atoms with Crippen molar-refractivity contribution in [3.05, 3.63) is 30.3 Å². The summed E-state index contributed by atoms with van der Waals surface area (Å²) >= 11 is 0. The average Bonchev–Trinajstić information content (AvgIpc) is 2.47. The topological polar surface area (TPSA) is 61.9 Å². The lowest BCUT2D eigenvalue weighted by atomic mass is 10.2. The van der Waals surface area contributed by atoms with Crippen molar-refractivity contribution in [3.8, 4) is 0 Å². The molecule has 6 nitrogen and oxygen atoms in total. The first-order chi connectivity index (χ1) is 10.4. The van der Waals surface area contributed by atoms with Crippen LogP contribution in [-0.2, 0) is 4.74 Å². The van der Waals surface area contributed by atoms with E-state index in [2.05, 4.69) is 11.4 Å². The van der Waals surface area contributed by atoms with Crippen molar-refractivity contribution in [1.82, 2.24) is 10.2 Å². The second kappa shape index (κ2) is 6.79. The van der Waals surface area contributed by atoms with Gasteiger partial charge < -0.3 is 15.0 Å². The number of piperazine rings is 1. The molecule has 1 N–H and O–H groups in total. The first-order valence-corrected chi connectivity index (χ1v) is 7.38. The van der Waals surface area contributed by atoms with Crippen molar-refractivity contribution in [2.45, 2.75) is 26.4 Å². The Kier molecular flexibility index (Phi) is 5.03. The van der Waals surface area contributed by atoms with E-state index in [4.69, 9.17) is 4.74 Å². The quantitative estimate of drug-likeness (QED) is 0.864. The van der Waals surface area contributed by atoms with Gasteiger partial charge >= 0.3 is 12.1 Å². The standard InChI is InChI=1S/C16H22N3O3/c1-16(2,3)22-15(21)19(13-7-5-4-6-8-13)14(20)18-11-9-17-10-12-18/h4-7,17H,9-12H2,1-3H3. The zero-order valence-electron chi connectivity index (χ0n) is 13.3. The van der Waals surface area contributed by atoms with Gasteiger partial charge in [-0.2, -0.15) is 4.90 Å². The molecule has 1 aliphatic heterocycles. The van der Waals surface area contributed by atoms with Crippen LogP contribution in [0.15, 0.2) is 24.3 Å². The number of nitrogens with one attached hydrogen (secondary N) is 1. The maximum atomic E-state index is 12.7. The van der Waals surface area contributed by atoms with Crippen LogP contribution in [0, 0.1) is 6.07 Å². The minimum atomic E-state index is -0.682. The monoisotopic (exact) mass is 304 g/mol. The summed E-state index contributed by atoms with van der Waals surface area (Å²) in [6.07, 6.45) is -0.682. The van der Waals surface area contributed by atoms with E-state index < -0.39 is 11.7 Å². The van der Waals surface area contributed by atoms with Crippen LogP contribution in [0.5, 0.6) is 0 Å². The van der Waals surface area contributed by atoms with Crippen molar-refractivity contribution in [2.24, 2.45) is 0 Å². The van der Waals surface area contributed by atoms with Crippen LogP contribution in [-0.4, -0.2) is 48.8 Å². The number of benzene rings is 1. The molecule has 6 heteroatoms. The number of carbonyl (C=O) groups excluding carboxylic acids is 2. The average molecular weight is 304 g/mol. The van der Waals surface area contributed by atoms with Gasteiger partial charge in [0.15, 0.2) is 0 Å². The molecule has 0 aromatic heterocycles. The molecule has 0 unspecified atom stereocenters. The van der Waals surface area contributed by atoms with E-state index in [9.17, 15) is 9.59 Å². The predicted molar refractivity (Wildman–Crippen MR) is 83.8 cm³/mol. The van der Waals surface area contributed by atoms with E-state index in [-0.39, 0.29) is 6.03 Å². The molecular weight excluding hydrogens is 282 g/mol. The van der Waals surface area contributed by atoms with E-state index in [0.717, 1.165) is 4.90 Å². The van der Waals surface area contributed by atoms with Crippen molar-refractivity contribution in [2.75, 3.05) is 31.1 Å². The van der Waals surface area contributed by atoms with Gasteiger partial charge in [-0.3, -0.25) is 0 Å². The fourth-order valence-corrected chi connectivity index (χ4v) is 2.11. The number of hydrogen-bond donors (Lipinski definition) is 1. The molecule has 1 heterocycles. The van der Waals surface area contributed by atoms with E-state index >= 15 is 0 Å². The van der Waals surface area contributed by atoms with Crippen LogP contribution < -0.4 is 10.2 Å². The number of rotatable bonds is 1. The van der Waals surface area contributed by atoms with E-state index in [0.29, 0.717) is 31.9 Å². The van der Waals surface area contributed by atoms with Gasteiger partial charge in [-0.15, -0.1) is 0 Å². The van der Waals surface area contributed by atoms with E-state index in [1.54, 1.807) is 49.9 Å². The molecule has 0 atom stereocenters. The lowest BCUT2D eigenvalue weighted by Crippen LogP contribution is -2.54. The van der Waals surface area contributed by atoms with Crippen molar-refractivity contribution < 1.29 is 14.3 Å². The maximum absolute atomic E-state index is 12.7. The molecule has 1 aromatic carbocycles. The normalized spacial score (nSPS) is 15.3. The van der Waals surface area contributed by atoms with Crippen molar-refractivity contribution in [3.63, 3.8) is 0 Å². The number of carbonyl (C=O) groups is 2. The van der Waals surface area contributed by atoms with Crippen LogP contribution >= 0.6 is 0 Å². The summed E-state index contributed by atoms with van der Waals surface area (Å²) < 4.78 is 5.37. The molecule has 119 valence electrons. The molecule has 1 radical (unpaired) electrons. The molecule has 22 heavy (non-hydrogen) atoms. The van der Waals surface area contributed by atoms with Gasteiger partial charge in [0.1, 0.15) is 5.60 Å². The lowest BCUT2D eigenvalue weighted by molar-refractivity contribution is 0.0583. The molecule has 1 fully saturated rings. The van der Waals surface area contributed by atoms with E-state index in [1.807, 2.05) is 0 Å². The number of para-hydroxylation sites is 1. The zero-order valence-corrected chi connectivity index (χ0v) is 13.3. The molecule has 0 aliphatic carbocycles. The third-order valence-corrected chi connectivity index (χ3v) is 3.09. The van der Waals surface area contributed by atoms with Gasteiger partial charge in [-0.1, -0.05) is 18.2 Å². The Balaban J connectivity index is 2.25. The fourth-order valence-electron chi connectivity index (χ4n) is 2.11. The van der Waals surface area contributed by atoms with Gasteiger partial charge in [-0.05, 0) is 26.8 Å². The Labute approximate surface area is 131 Å². The zero-order chi connectivity index (χ0) is 16.2. The van der Waals surface area contributed by atoms with Gasteiger partial charge in [0, 0.05) is 32.2 Å². The number of amides is 3. The molecule has 0 saturated carbocycles. The Bertz CT molecular complexity index is 519. The van der Waals surface area contributed by atoms with Gasteiger partial charge in [0.05, 0.1) is 5.69 Å². The summed E-state index contributed by atoms with van der Waals surface area (Å²) in [7, 11) is 0. The van der Waals surface area contributed by atoms with Crippen molar-refractivity contribution in [1.29, 1.82) is 0 Å². The van der Waals surface area contributed by atoms with Crippen LogP contribution in [0.1, 0.15) is 20.8 Å². The molecule has 1 saturated heterocycles. The minimum absolute atomic E-state index is 0.377. The Hall–Kier alpha value is -2.08. The predicted octanol–water partition coefficient (Wildman–Crippen LogP) is 2.25. The van der Waals surface area contributed by atoms with Crippen LogP contribution in [0.25, 0.3) is 0 Å². The lowest BCUT2D eigenvalue weighted by Gasteiger charge is -2.33. The molecule has 0 spiro atoms. The highest BCUT2D eigenvalue weighted by atomic mass is 16.6. The van der Waals surface area contributed by atoms with E-state index in [1.165, 1.54) is 0 Å². The fraction of sp³-hybridized carbons (Fsp3) is 0.500. The number of urea groups is 1. The Morgan fingerprint density at radius 3 is 2.50 bits per heavy atom. The smallest absolute Gasteiger partial charge is 0.423 e. The highest BCUT2D eigenvalue weighted by Gasteiger charge is 2.32. The summed E-state index contributed by atoms with van der Waals surface area (Å²) in [5.41, 5.74) is -0.284. The van der Waals surface area contributed by atoms with Crippen molar-refractivity contribution >= 4 is 17.8 Å². The second-order valence-corrected chi connectivity index (χ2v) is 6.08. The SMILES string of the molecule is CC(C)(C)OC(=O)N(C(=O)N1CCNCC1)c1[c]cccc1. The Morgan fingerprint density at radius 2 is 1.95 bits per heavy atom. The molecular formula is C16H22N3O3.